The third-order valence-electron chi connectivity index (χ3n) is 10.9. The summed E-state index contributed by atoms with van der Waals surface area (Å²) < 4.78 is 74.8. The average molecular weight is 924 g/mol. The lowest BCUT2D eigenvalue weighted by Gasteiger charge is -2.35. The number of rotatable bonds is 19. The van der Waals surface area contributed by atoms with Crippen LogP contribution in [0.1, 0.15) is 111 Å². The lowest BCUT2D eigenvalue weighted by atomic mass is 9.83. The van der Waals surface area contributed by atoms with Gasteiger partial charge in [0.05, 0.1) is 44.1 Å². The van der Waals surface area contributed by atoms with Gasteiger partial charge in [0, 0.05) is 18.5 Å². The van der Waals surface area contributed by atoms with Crippen LogP contribution in [0.3, 0.4) is 0 Å². The molecule has 1 aliphatic carbocycles. The Morgan fingerprint density at radius 2 is 1.48 bits per heavy atom. The number of carboxylic acids is 2. The van der Waals surface area contributed by atoms with E-state index in [4.69, 9.17) is 14.2 Å². The number of ketones is 1. The molecule has 5 atom stereocenters. The van der Waals surface area contributed by atoms with Gasteiger partial charge in [0.25, 0.3) is 11.8 Å². The molecule has 2 aromatic carbocycles. The number of hydrogen-bond donors (Lipinski definition) is 6. The fourth-order valence-corrected chi connectivity index (χ4v) is 8.02. The van der Waals surface area contributed by atoms with Crippen molar-refractivity contribution in [2.75, 3.05) is 27.3 Å². The number of ether oxygens (including phenoxy) is 3. The maximum Gasteiger partial charge on any atom is 0.339 e. The van der Waals surface area contributed by atoms with Crippen molar-refractivity contribution in [1.29, 1.82) is 0 Å². The number of aliphatic carboxylic acids is 1. The molecule has 0 aromatic heterocycles. The Balaban J connectivity index is 1.58. The Bertz CT molecular complexity index is 2180. The molecule has 0 bridgehead atoms. The van der Waals surface area contributed by atoms with Crippen LogP contribution in [0.5, 0.6) is 11.5 Å². The van der Waals surface area contributed by atoms with Gasteiger partial charge < -0.3 is 50.6 Å². The van der Waals surface area contributed by atoms with Crippen LogP contribution < -0.4 is 30.7 Å². The maximum absolute atomic E-state index is 15.1. The van der Waals surface area contributed by atoms with Crippen molar-refractivity contribution in [3.8, 4) is 11.5 Å². The highest BCUT2D eigenvalue weighted by molar-refractivity contribution is 6.38. The molecule has 1 aliphatic heterocycles. The number of hydrogen-bond acceptors (Lipinski definition) is 11. The van der Waals surface area contributed by atoms with Gasteiger partial charge in [-0.3, -0.25) is 28.8 Å². The highest BCUT2D eigenvalue weighted by Gasteiger charge is 2.47. The first kappa shape index (κ1) is 51.3. The van der Waals surface area contributed by atoms with Crippen molar-refractivity contribution >= 4 is 47.3 Å². The minimum atomic E-state index is -2.47. The highest BCUT2D eigenvalue weighted by atomic mass is 19.2. The van der Waals surface area contributed by atoms with E-state index in [0.717, 1.165) is 11.3 Å². The molecule has 356 valence electrons. The summed E-state index contributed by atoms with van der Waals surface area (Å²) in [6.45, 7) is 5.62. The van der Waals surface area contributed by atoms with E-state index in [1.54, 1.807) is 27.7 Å². The van der Waals surface area contributed by atoms with Crippen molar-refractivity contribution in [2.45, 2.75) is 115 Å². The number of Topliss-reactive ketones (excluding diaryl/α,β-unsaturated/α-hetero) is 1. The van der Waals surface area contributed by atoms with E-state index in [-0.39, 0.29) is 42.9 Å². The Morgan fingerprint density at radius 1 is 0.846 bits per heavy atom. The van der Waals surface area contributed by atoms with Gasteiger partial charge in [-0.05, 0) is 52.0 Å². The van der Waals surface area contributed by atoms with Crippen molar-refractivity contribution in [2.24, 2.45) is 5.92 Å². The van der Waals surface area contributed by atoms with E-state index in [1.165, 1.54) is 32.4 Å². The number of para-hydroxylation sites is 1. The van der Waals surface area contributed by atoms with Gasteiger partial charge in [0.2, 0.25) is 23.5 Å². The first-order chi connectivity index (χ1) is 30.6. The van der Waals surface area contributed by atoms with Crippen LogP contribution in [0.25, 0.3) is 0 Å². The van der Waals surface area contributed by atoms with Gasteiger partial charge in [0.1, 0.15) is 17.6 Å². The van der Waals surface area contributed by atoms with E-state index in [9.17, 15) is 61.7 Å². The summed E-state index contributed by atoms with van der Waals surface area (Å²) >= 11 is 0. The van der Waals surface area contributed by atoms with E-state index in [1.807, 2.05) is 0 Å². The first-order valence-electron chi connectivity index (χ1n) is 20.8. The number of carbonyl (C=O) groups excluding carboxylic acids is 6. The van der Waals surface area contributed by atoms with Crippen molar-refractivity contribution in [3.63, 3.8) is 0 Å². The predicted octanol–water partition coefficient (Wildman–Crippen LogP) is 3.33. The maximum atomic E-state index is 15.1. The Hall–Kier alpha value is -6.32. The zero-order valence-electron chi connectivity index (χ0n) is 36.6. The van der Waals surface area contributed by atoms with Crippen molar-refractivity contribution in [1.82, 2.24) is 26.2 Å². The number of aromatic carboxylic acids is 1. The predicted molar refractivity (Wildman–Crippen MR) is 219 cm³/mol. The van der Waals surface area contributed by atoms with Gasteiger partial charge in [-0.2, -0.15) is 0 Å². The summed E-state index contributed by atoms with van der Waals surface area (Å²) in [6, 6.07) is -1.91. The van der Waals surface area contributed by atoms with Crippen LogP contribution in [-0.2, 0) is 33.5 Å². The molecule has 1 heterocycles. The number of benzene rings is 2. The van der Waals surface area contributed by atoms with E-state index < -0.39 is 130 Å². The zero-order valence-corrected chi connectivity index (χ0v) is 36.6. The first-order valence-corrected chi connectivity index (χ1v) is 20.8. The lowest BCUT2D eigenvalue weighted by molar-refractivity contribution is -0.144. The number of likely N-dealkylation sites (tertiary alicyclic amines) is 1. The summed E-state index contributed by atoms with van der Waals surface area (Å²) in [5.74, 6) is -21.0. The molecule has 1 saturated carbocycles. The molecule has 6 N–H and O–H groups in total. The molecule has 22 heteroatoms. The minimum Gasteiger partial charge on any atom is -0.493 e. The van der Waals surface area contributed by atoms with E-state index in [2.05, 4.69) is 21.3 Å². The molecule has 2 aromatic rings. The number of carbonyl (C=O) groups is 8. The topological polar surface area (TPSA) is 256 Å². The highest BCUT2D eigenvalue weighted by Crippen LogP contribution is 2.35. The number of methoxy groups -OCH3 is 2. The summed E-state index contributed by atoms with van der Waals surface area (Å²) in [5, 5.41) is 28.5. The van der Waals surface area contributed by atoms with E-state index >= 15 is 4.39 Å². The normalized spacial score (nSPS) is 17.8. The molecular weight excluding hydrogens is 870 g/mol. The fraction of sp³-hybridized carbons (Fsp3) is 0.535. The summed E-state index contributed by atoms with van der Waals surface area (Å²) in [5.41, 5.74) is -4.30. The van der Waals surface area contributed by atoms with Crippen LogP contribution in [0, 0.1) is 29.2 Å². The molecular formula is C43H53F4N5O13. The second-order valence-electron chi connectivity index (χ2n) is 16.6. The summed E-state index contributed by atoms with van der Waals surface area (Å²) in [7, 11) is 2.59. The molecule has 5 amide bonds. The summed E-state index contributed by atoms with van der Waals surface area (Å²) in [4.78, 5) is 107. The third-order valence-corrected chi connectivity index (χ3v) is 10.9. The number of halogens is 4. The molecule has 18 nitrogen and oxygen atoms in total. The van der Waals surface area contributed by atoms with Gasteiger partial charge in [-0.25, -0.2) is 27.2 Å². The largest absolute Gasteiger partial charge is 0.493 e. The lowest BCUT2D eigenvalue weighted by Crippen LogP contribution is -2.58. The molecule has 4 rings (SSSR count). The van der Waals surface area contributed by atoms with Crippen LogP contribution in [0.4, 0.5) is 17.6 Å². The monoisotopic (exact) mass is 923 g/mol. The zero-order chi connectivity index (χ0) is 48.5. The minimum absolute atomic E-state index is 0.0164. The van der Waals surface area contributed by atoms with Gasteiger partial charge in [-0.15, -0.1) is 0 Å². The van der Waals surface area contributed by atoms with E-state index in [0.29, 0.717) is 25.7 Å². The second kappa shape index (κ2) is 22.0. The SMILES string of the molecule is CCCC(NC(=O)[C@@H]1C[C@@H](OC(C)(C)C)CN1C(=O)[C@@H](NC(=O)c1c(F)c(F)c(F)c(F)c1C(=O)O)C1CCCCC1)C(=O)C(=O)NCC(=O)NC(C(=O)O)c1cccc(OC)c1OC. The average Bonchev–Trinajstić information content (AvgIpc) is 3.68. The molecule has 2 aliphatic rings. The molecule has 2 unspecified atom stereocenters. The number of carboxylic acid groups (broad SMARTS) is 2. The smallest absolute Gasteiger partial charge is 0.339 e. The van der Waals surface area contributed by atoms with Crippen LogP contribution in [-0.4, -0.2) is 120 Å². The van der Waals surface area contributed by atoms with Gasteiger partial charge in [-0.1, -0.05) is 44.7 Å². The Labute approximate surface area is 371 Å². The number of amides is 5. The third kappa shape index (κ3) is 12.3. The Morgan fingerprint density at radius 3 is 2.03 bits per heavy atom. The molecule has 1 saturated heterocycles. The van der Waals surface area contributed by atoms with Crippen LogP contribution in [0.2, 0.25) is 0 Å². The quantitative estimate of drug-likeness (QED) is 0.0513. The molecule has 2 fully saturated rings. The Kier molecular flexibility index (Phi) is 17.4. The van der Waals surface area contributed by atoms with Crippen LogP contribution in [0.15, 0.2) is 18.2 Å². The van der Waals surface area contributed by atoms with Gasteiger partial charge in [0.15, 0.2) is 40.8 Å². The summed E-state index contributed by atoms with van der Waals surface area (Å²) in [6.07, 6.45) is 1.59. The second-order valence-corrected chi connectivity index (χ2v) is 16.6. The number of nitrogens with one attached hydrogen (secondary N) is 4. The molecule has 0 radical (unpaired) electrons. The van der Waals surface area contributed by atoms with Crippen LogP contribution >= 0.6 is 0 Å². The van der Waals surface area contributed by atoms with Gasteiger partial charge >= 0.3 is 11.9 Å². The van der Waals surface area contributed by atoms with Crippen molar-refractivity contribution < 1.29 is 80.3 Å². The molecule has 65 heavy (non-hydrogen) atoms. The molecule has 0 spiro atoms. The fourth-order valence-electron chi connectivity index (χ4n) is 8.02. The number of nitrogens with zero attached hydrogens (tertiary/aromatic N) is 1. The van der Waals surface area contributed by atoms with Crippen molar-refractivity contribution in [3.05, 3.63) is 58.2 Å². The standard InChI is InChI=1S/C43H53F4N5O13/c1-7-12-23(35(54)39(57)48-18-26(53)50-34(42(61)62)22-15-11-16-25(63-5)36(22)64-6)49-37(55)24-17-21(65-43(2,3)4)19-52(24)40(58)33(20-13-9-8-10-14-20)51-38(56)27-28(41(59)60)30(45)32(47)31(46)29(27)44/h11,15-16,20-21,23-24,33-34H,7-10,12-14,17-19H2,1-6H3,(H,48,57)(H,49,55)(H,50,53)(H,51,56)(H,59,60)(H,61,62)/t21-,23?,24+,33+,34?/m1/s1.